The van der Waals surface area contributed by atoms with Gasteiger partial charge in [0.15, 0.2) is 5.16 Å². The standard InChI is InChI=1S/C13H19N3O3S/c1-9(2)19-6-3-4-14-11(17)10-8-15-13-16(12(10)18)5-7-20-13/h8-9H,3-7H2,1-2H3,(H,14,17). The molecule has 0 bridgehead atoms. The van der Waals surface area contributed by atoms with Crippen molar-refractivity contribution in [1.82, 2.24) is 14.9 Å². The van der Waals surface area contributed by atoms with Crippen LogP contribution in [-0.2, 0) is 11.3 Å². The molecule has 1 aliphatic rings. The van der Waals surface area contributed by atoms with E-state index in [1.54, 1.807) is 4.57 Å². The van der Waals surface area contributed by atoms with Crippen molar-refractivity contribution < 1.29 is 9.53 Å². The molecule has 1 aliphatic heterocycles. The summed E-state index contributed by atoms with van der Waals surface area (Å²) in [4.78, 5) is 28.2. The van der Waals surface area contributed by atoms with Gasteiger partial charge in [0.1, 0.15) is 5.56 Å². The van der Waals surface area contributed by atoms with Crippen LogP contribution >= 0.6 is 11.8 Å². The monoisotopic (exact) mass is 297 g/mol. The smallest absolute Gasteiger partial charge is 0.267 e. The number of amides is 1. The first-order valence-corrected chi connectivity index (χ1v) is 7.70. The van der Waals surface area contributed by atoms with Gasteiger partial charge in [-0.15, -0.1) is 0 Å². The molecule has 0 radical (unpaired) electrons. The van der Waals surface area contributed by atoms with Gasteiger partial charge in [-0.05, 0) is 20.3 Å². The van der Waals surface area contributed by atoms with Gasteiger partial charge >= 0.3 is 0 Å². The van der Waals surface area contributed by atoms with Gasteiger partial charge in [-0.3, -0.25) is 14.2 Å². The van der Waals surface area contributed by atoms with E-state index in [2.05, 4.69) is 10.3 Å². The highest BCUT2D eigenvalue weighted by atomic mass is 32.2. The first-order chi connectivity index (χ1) is 9.59. The summed E-state index contributed by atoms with van der Waals surface area (Å²) in [5.74, 6) is 0.471. The van der Waals surface area contributed by atoms with Gasteiger partial charge in [-0.2, -0.15) is 0 Å². The largest absolute Gasteiger partial charge is 0.379 e. The lowest BCUT2D eigenvalue weighted by Crippen LogP contribution is -2.34. The summed E-state index contributed by atoms with van der Waals surface area (Å²) >= 11 is 1.53. The number of carbonyl (C=O) groups is 1. The van der Waals surface area contributed by atoms with Crippen molar-refractivity contribution in [3.05, 3.63) is 22.1 Å². The molecule has 1 amide bonds. The Morgan fingerprint density at radius 2 is 2.40 bits per heavy atom. The highest BCUT2D eigenvalue weighted by Gasteiger charge is 2.19. The van der Waals surface area contributed by atoms with Crippen LogP contribution in [0.5, 0.6) is 0 Å². The summed E-state index contributed by atoms with van der Waals surface area (Å²) in [5, 5.41) is 3.42. The first kappa shape index (κ1) is 15.1. The third kappa shape index (κ3) is 3.61. The molecule has 1 aromatic rings. The zero-order valence-electron chi connectivity index (χ0n) is 11.7. The second kappa shape index (κ2) is 6.90. The minimum Gasteiger partial charge on any atom is -0.379 e. The summed E-state index contributed by atoms with van der Waals surface area (Å²) in [6.45, 7) is 5.63. The first-order valence-electron chi connectivity index (χ1n) is 6.72. The minimum absolute atomic E-state index is 0.112. The van der Waals surface area contributed by atoms with E-state index in [9.17, 15) is 9.59 Å². The molecule has 6 nitrogen and oxygen atoms in total. The SMILES string of the molecule is CC(C)OCCCNC(=O)c1cnc2n(c1=O)CCS2. The number of carbonyl (C=O) groups excluding carboxylic acids is 1. The Bertz CT molecular complexity index is 542. The molecule has 110 valence electrons. The second-order valence-electron chi connectivity index (χ2n) is 4.79. The van der Waals surface area contributed by atoms with Crippen molar-refractivity contribution in [2.24, 2.45) is 0 Å². The van der Waals surface area contributed by atoms with Crippen molar-refractivity contribution in [1.29, 1.82) is 0 Å². The number of nitrogens with one attached hydrogen (secondary N) is 1. The van der Waals surface area contributed by atoms with Crippen molar-refractivity contribution in [3.63, 3.8) is 0 Å². The van der Waals surface area contributed by atoms with E-state index >= 15 is 0 Å². The third-order valence-electron chi connectivity index (χ3n) is 2.86. The molecular weight excluding hydrogens is 278 g/mol. The average molecular weight is 297 g/mol. The molecule has 0 spiro atoms. The molecule has 0 fully saturated rings. The van der Waals surface area contributed by atoms with Crippen LogP contribution < -0.4 is 10.9 Å². The molecule has 0 saturated heterocycles. The molecule has 0 saturated carbocycles. The summed E-state index contributed by atoms with van der Waals surface area (Å²) in [6, 6.07) is 0. The fourth-order valence-electron chi connectivity index (χ4n) is 1.86. The normalized spacial score (nSPS) is 13.6. The van der Waals surface area contributed by atoms with Crippen LogP contribution in [0.2, 0.25) is 0 Å². The van der Waals surface area contributed by atoms with Crippen molar-refractivity contribution in [2.75, 3.05) is 18.9 Å². The molecule has 0 unspecified atom stereocenters. The number of thioether (sulfide) groups is 1. The third-order valence-corrected chi connectivity index (χ3v) is 3.83. The van der Waals surface area contributed by atoms with Crippen molar-refractivity contribution in [2.45, 2.75) is 38.1 Å². The fourth-order valence-corrected chi connectivity index (χ4v) is 2.78. The molecule has 0 aromatic carbocycles. The summed E-state index contributed by atoms with van der Waals surface area (Å²) < 4.78 is 6.94. The van der Waals surface area contributed by atoms with Crippen LogP contribution in [0.4, 0.5) is 0 Å². The molecule has 0 aliphatic carbocycles. The van der Waals surface area contributed by atoms with E-state index in [0.29, 0.717) is 24.9 Å². The van der Waals surface area contributed by atoms with Gasteiger partial charge in [0.25, 0.3) is 11.5 Å². The van der Waals surface area contributed by atoms with E-state index < -0.39 is 0 Å². The van der Waals surface area contributed by atoms with Crippen LogP contribution in [0.1, 0.15) is 30.6 Å². The molecule has 1 N–H and O–H groups in total. The topological polar surface area (TPSA) is 73.2 Å². The predicted molar refractivity (Wildman–Crippen MR) is 77.3 cm³/mol. The average Bonchev–Trinajstić information content (AvgIpc) is 2.87. The van der Waals surface area contributed by atoms with Gasteiger partial charge < -0.3 is 10.1 Å². The van der Waals surface area contributed by atoms with Crippen LogP contribution in [0.3, 0.4) is 0 Å². The lowest BCUT2D eigenvalue weighted by molar-refractivity contribution is 0.0757. The van der Waals surface area contributed by atoms with Gasteiger partial charge in [0.05, 0.1) is 6.10 Å². The van der Waals surface area contributed by atoms with Crippen molar-refractivity contribution in [3.8, 4) is 0 Å². The van der Waals surface area contributed by atoms with Crippen LogP contribution in [0, 0.1) is 0 Å². The molecule has 2 rings (SSSR count). The maximum atomic E-state index is 12.1. The Morgan fingerprint density at radius 1 is 1.60 bits per heavy atom. The Labute approximate surface area is 121 Å². The number of rotatable bonds is 6. The highest BCUT2D eigenvalue weighted by molar-refractivity contribution is 7.99. The van der Waals surface area contributed by atoms with Gasteiger partial charge in [0.2, 0.25) is 0 Å². The van der Waals surface area contributed by atoms with E-state index in [1.165, 1.54) is 18.0 Å². The van der Waals surface area contributed by atoms with Gasteiger partial charge in [-0.25, -0.2) is 4.98 Å². The van der Waals surface area contributed by atoms with Crippen molar-refractivity contribution >= 4 is 17.7 Å². The van der Waals surface area contributed by atoms with Gasteiger partial charge in [0, 0.05) is 31.6 Å². The zero-order chi connectivity index (χ0) is 14.5. The minimum atomic E-state index is -0.362. The number of aromatic nitrogens is 2. The zero-order valence-corrected chi connectivity index (χ0v) is 12.5. The highest BCUT2D eigenvalue weighted by Crippen LogP contribution is 2.20. The molecule has 1 aromatic heterocycles. The lowest BCUT2D eigenvalue weighted by Gasteiger charge is -2.08. The second-order valence-corrected chi connectivity index (χ2v) is 5.85. The van der Waals surface area contributed by atoms with E-state index in [4.69, 9.17) is 4.74 Å². The van der Waals surface area contributed by atoms with Crippen LogP contribution in [-0.4, -0.2) is 40.5 Å². The number of fused-ring (bicyclic) bond motifs is 1. The van der Waals surface area contributed by atoms with Gasteiger partial charge in [-0.1, -0.05) is 11.8 Å². The number of hydrogen-bond donors (Lipinski definition) is 1. The lowest BCUT2D eigenvalue weighted by atomic mass is 10.3. The number of nitrogens with zero attached hydrogens (tertiary/aromatic N) is 2. The van der Waals surface area contributed by atoms with E-state index in [0.717, 1.165) is 12.2 Å². The summed E-state index contributed by atoms with van der Waals surface area (Å²) in [6.07, 6.45) is 2.28. The Balaban J connectivity index is 1.89. The van der Waals surface area contributed by atoms with E-state index in [-0.39, 0.29) is 23.1 Å². The summed E-state index contributed by atoms with van der Waals surface area (Å²) in [7, 11) is 0. The predicted octanol–water partition coefficient (Wildman–Crippen LogP) is 0.894. The number of ether oxygens (including phenoxy) is 1. The molecular formula is C13H19N3O3S. The Hall–Kier alpha value is -1.34. The maximum Gasteiger partial charge on any atom is 0.267 e. The fraction of sp³-hybridized carbons (Fsp3) is 0.615. The molecule has 2 heterocycles. The van der Waals surface area contributed by atoms with Crippen LogP contribution in [0.25, 0.3) is 0 Å². The van der Waals surface area contributed by atoms with Crippen LogP contribution in [0.15, 0.2) is 16.1 Å². The molecule has 7 heteroatoms. The Kier molecular flexibility index (Phi) is 5.19. The number of hydrogen-bond acceptors (Lipinski definition) is 5. The quantitative estimate of drug-likeness (QED) is 0.624. The maximum absolute atomic E-state index is 12.1. The van der Waals surface area contributed by atoms with E-state index in [1.807, 2.05) is 13.8 Å². The summed E-state index contributed by atoms with van der Waals surface area (Å²) in [5.41, 5.74) is -0.142. The molecule has 0 atom stereocenters. The Morgan fingerprint density at radius 3 is 3.15 bits per heavy atom. The molecule has 20 heavy (non-hydrogen) atoms.